The number of hydrogen-bond donors (Lipinski definition) is 0. The first-order valence-electron chi connectivity index (χ1n) is 8.07. The molecule has 2 saturated heterocycles. The number of benzene rings is 2. The summed E-state index contributed by atoms with van der Waals surface area (Å²) in [7, 11) is 0. The lowest BCUT2D eigenvalue weighted by Gasteiger charge is -2.23. The first-order chi connectivity index (χ1) is 11.3. The van der Waals surface area contributed by atoms with E-state index in [4.69, 9.17) is 4.84 Å². The van der Waals surface area contributed by atoms with Crippen LogP contribution in [-0.4, -0.2) is 35.1 Å². The number of carbonyl (C=O) groups is 1. The molecule has 118 valence electrons. The van der Waals surface area contributed by atoms with Crippen molar-refractivity contribution < 1.29 is 9.63 Å². The van der Waals surface area contributed by atoms with Gasteiger partial charge in [-0.2, -0.15) is 5.06 Å². The van der Waals surface area contributed by atoms with Crippen LogP contribution in [0, 0.1) is 5.92 Å². The van der Waals surface area contributed by atoms with Crippen molar-refractivity contribution in [1.82, 2.24) is 9.96 Å². The molecule has 2 atom stereocenters. The van der Waals surface area contributed by atoms with Crippen molar-refractivity contribution in [3.05, 3.63) is 71.8 Å². The Kier molecular flexibility index (Phi) is 3.85. The SMILES string of the molecule is O=C1[C@H]2[C@H](CON2Cc2ccccc2)CN1Cc1ccccc1. The second-order valence-corrected chi connectivity index (χ2v) is 6.27. The molecule has 0 spiro atoms. The highest BCUT2D eigenvalue weighted by molar-refractivity contribution is 5.84. The number of hydrogen-bond acceptors (Lipinski definition) is 3. The van der Waals surface area contributed by atoms with Crippen LogP contribution in [0.3, 0.4) is 0 Å². The number of rotatable bonds is 4. The van der Waals surface area contributed by atoms with Gasteiger partial charge in [-0.1, -0.05) is 60.7 Å². The fraction of sp³-hybridized carbons (Fsp3) is 0.316. The fourth-order valence-corrected chi connectivity index (χ4v) is 3.49. The summed E-state index contributed by atoms with van der Waals surface area (Å²) in [6.45, 7) is 2.76. The lowest BCUT2D eigenvalue weighted by atomic mass is 10.1. The van der Waals surface area contributed by atoms with Crippen molar-refractivity contribution in [2.75, 3.05) is 13.2 Å². The monoisotopic (exact) mass is 308 g/mol. The van der Waals surface area contributed by atoms with Crippen LogP contribution in [0.15, 0.2) is 60.7 Å². The second-order valence-electron chi connectivity index (χ2n) is 6.27. The third kappa shape index (κ3) is 2.87. The lowest BCUT2D eigenvalue weighted by molar-refractivity contribution is -0.162. The Bertz CT molecular complexity index is 674. The van der Waals surface area contributed by atoms with Crippen molar-refractivity contribution in [2.24, 2.45) is 5.92 Å². The normalized spacial score (nSPS) is 24.2. The van der Waals surface area contributed by atoms with E-state index < -0.39 is 0 Å². The van der Waals surface area contributed by atoms with Crippen molar-refractivity contribution in [2.45, 2.75) is 19.1 Å². The van der Waals surface area contributed by atoms with Gasteiger partial charge in [-0.05, 0) is 11.1 Å². The molecule has 0 saturated carbocycles. The van der Waals surface area contributed by atoms with Gasteiger partial charge in [-0.3, -0.25) is 9.63 Å². The molecule has 0 unspecified atom stereocenters. The van der Waals surface area contributed by atoms with E-state index in [1.807, 2.05) is 46.4 Å². The molecule has 0 aromatic heterocycles. The van der Waals surface area contributed by atoms with Gasteiger partial charge < -0.3 is 4.90 Å². The first kappa shape index (κ1) is 14.4. The number of carbonyl (C=O) groups excluding carboxylic acids is 1. The molecule has 4 rings (SSSR count). The van der Waals surface area contributed by atoms with E-state index in [0.717, 1.165) is 6.54 Å². The third-order valence-electron chi connectivity index (χ3n) is 4.63. The van der Waals surface area contributed by atoms with Gasteiger partial charge in [0.15, 0.2) is 0 Å². The molecule has 2 aliphatic heterocycles. The van der Waals surface area contributed by atoms with Crippen LogP contribution in [0.25, 0.3) is 0 Å². The fourth-order valence-electron chi connectivity index (χ4n) is 3.49. The topological polar surface area (TPSA) is 32.8 Å². The largest absolute Gasteiger partial charge is 0.336 e. The summed E-state index contributed by atoms with van der Waals surface area (Å²) in [5.74, 6) is 0.460. The van der Waals surface area contributed by atoms with Gasteiger partial charge in [-0.25, -0.2) is 0 Å². The molecule has 0 radical (unpaired) electrons. The average molecular weight is 308 g/mol. The number of amides is 1. The predicted octanol–water partition coefficient (Wildman–Crippen LogP) is 2.46. The molecule has 4 heteroatoms. The van der Waals surface area contributed by atoms with E-state index >= 15 is 0 Å². The Morgan fingerprint density at radius 2 is 1.52 bits per heavy atom. The molecule has 0 bridgehead atoms. The molecule has 23 heavy (non-hydrogen) atoms. The Hall–Kier alpha value is -2.17. The van der Waals surface area contributed by atoms with Crippen LogP contribution in [0.1, 0.15) is 11.1 Å². The maximum Gasteiger partial charge on any atom is 0.243 e. The van der Waals surface area contributed by atoms with Gasteiger partial charge in [0.05, 0.1) is 6.61 Å². The molecular formula is C19H20N2O2. The number of nitrogens with zero attached hydrogens (tertiary/aromatic N) is 2. The van der Waals surface area contributed by atoms with Crippen LogP contribution in [0.2, 0.25) is 0 Å². The van der Waals surface area contributed by atoms with Crippen LogP contribution in [0.5, 0.6) is 0 Å². The number of fused-ring (bicyclic) bond motifs is 1. The quantitative estimate of drug-likeness (QED) is 0.870. The third-order valence-corrected chi connectivity index (χ3v) is 4.63. The van der Waals surface area contributed by atoms with Gasteiger partial charge in [0.2, 0.25) is 5.91 Å². The van der Waals surface area contributed by atoms with Crippen LogP contribution in [-0.2, 0) is 22.7 Å². The Morgan fingerprint density at radius 3 is 2.17 bits per heavy atom. The Labute approximate surface area is 136 Å². The highest BCUT2D eigenvalue weighted by Crippen LogP contribution is 2.32. The first-order valence-corrected chi connectivity index (χ1v) is 8.07. The zero-order valence-electron chi connectivity index (χ0n) is 13.0. The van der Waals surface area contributed by atoms with Crippen molar-refractivity contribution in [3.8, 4) is 0 Å². The highest BCUT2D eigenvalue weighted by atomic mass is 16.7. The van der Waals surface area contributed by atoms with E-state index in [0.29, 0.717) is 19.7 Å². The summed E-state index contributed by atoms with van der Waals surface area (Å²) in [6.07, 6.45) is 0. The number of likely N-dealkylation sites (tertiary alicyclic amines) is 1. The average Bonchev–Trinajstić information content (AvgIpc) is 3.11. The summed E-state index contributed by atoms with van der Waals surface area (Å²) in [6, 6.07) is 20.2. The second kappa shape index (κ2) is 6.14. The Balaban J connectivity index is 1.46. The molecule has 2 heterocycles. The van der Waals surface area contributed by atoms with Gasteiger partial charge in [-0.15, -0.1) is 0 Å². The molecule has 2 aliphatic rings. The van der Waals surface area contributed by atoms with E-state index in [2.05, 4.69) is 24.3 Å². The van der Waals surface area contributed by atoms with Gasteiger partial charge in [0.1, 0.15) is 6.04 Å². The molecule has 2 aromatic rings. The minimum absolute atomic E-state index is 0.140. The summed E-state index contributed by atoms with van der Waals surface area (Å²) in [5.41, 5.74) is 2.35. The zero-order chi connectivity index (χ0) is 15.6. The minimum Gasteiger partial charge on any atom is -0.336 e. The molecule has 2 aromatic carbocycles. The number of hydroxylamine groups is 2. The maximum absolute atomic E-state index is 12.8. The predicted molar refractivity (Wildman–Crippen MR) is 87.1 cm³/mol. The van der Waals surface area contributed by atoms with E-state index in [1.54, 1.807) is 0 Å². The van der Waals surface area contributed by atoms with Crippen molar-refractivity contribution >= 4 is 5.91 Å². The molecular weight excluding hydrogens is 288 g/mol. The van der Waals surface area contributed by atoms with Gasteiger partial charge in [0.25, 0.3) is 0 Å². The van der Waals surface area contributed by atoms with Gasteiger partial charge in [0, 0.05) is 25.6 Å². The minimum atomic E-state index is -0.140. The van der Waals surface area contributed by atoms with Crippen LogP contribution < -0.4 is 0 Å². The molecule has 4 nitrogen and oxygen atoms in total. The van der Waals surface area contributed by atoms with Crippen LogP contribution >= 0.6 is 0 Å². The summed E-state index contributed by atoms with van der Waals surface area (Å²) >= 11 is 0. The summed E-state index contributed by atoms with van der Waals surface area (Å²) in [5, 5.41) is 1.87. The van der Waals surface area contributed by atoms with Gasteiger partial charge >= 0.3 is 0 Å². The molecule has 2 fully saturated rings. The molecule has 1 amide bonds. The smallest absolute Gasteiger partial charge is 0.243 e. The van der Waals surface area contributed by atoms with E-state index in [1.165, 1.54) is 11.1 Å². The van der Waals surface area contributed by atoms with E-state index in [9.17, 15) is 4.79 Å². The van der Waals surface area contributed by atoms with Crippen LogP contribution in [0.4, 0.5) is 0 Å². The van der Waals surface area contributed by atoms with Crippen molar-refractivity contribution in [3.63, 3.8) is 0 Å². The zero-order valence-corrected chi connectivity index (χ0v) is 13.0. The summed E-state index contributed by atoms with van der Waals surface area (Å²) in [4.78, 5) is 20.5. The maximum atomic E-state index is 12.8. The Morgan fingerprint density at radius 1 is 0.913 bits per heavy atom. The highest BCUT2D eigenvalue weighted by Gasteiger charge is 2.48. The summed E-state index contributed by atoms with van der Waals surface area (Å²) < 4.78 is 0. The standard InChI is InChI=1S/C19H20N2O2/c22-19-18-17(13-20(19)11-15-7-3-1-4-8-15)14-23-21(18)12-16-9-5-2-6-10-16/h1-10,17-18H,11-14H2/t17-,18+/m0/s1. The van der Waals surface area contributed by atoms with E-state index in [-0.39, 0.29) is 17.9 Å². The molecule has 0 aliphatic carbocycles. The molecule has 0 N–H and O–H groups in total. The van der Waals surface area contributed by atoms with Crippen molar-refractivity contribution in [1.29, 1.82) is 0 Å². The lowest BCUT2D eigenvalue weighted by Crippen LogP contribution is -2.38.